The zero-order chi connectivity index (χ0) is 12.3. The number of hydrogen-bond acceptors (Lipinski definition) is 2. The molecule has 0 saturated heterocycles. The minimum absolute atomic E-state index is 0.0261. The van der Waals surface area contributed by atoms with Crippen molar-refractivity contribution < 1.29 is 4.79 Å². The summed E-state index contributed by atoms with van der Waals surface area (Å²) in [7, 11) is 0. The fraction of sp³-hybridized carbons (Fsp3) is 0.615. The van der Waals surface area contributed by atoms with Gasteiger partial charge in [-0.25, -0.2) is 0 Å². The maximum absolute atomic E-state index is 11.2. The molecule has 0 saturated carbocycles. The molecule has 0 aliphatic heterocycles. The summed E-state index contributed by atoms with van der Waals surface area (Å²) in [6.45, 7) is 8.56. The summed E-state index contributed by atoms with van der Waals surface area (Å²) in [6, 6.07) is 0.368. The average molecular weight is 242 g/mol. The smallest absolute Gasteiger partial charge is 0.177 e. The van der Waals surface area contributed by atoms with E-state index in [9.17, 15) is 4.79 Å². The molecule has 0 fully saturated rings. The van der Waals surface area contributed by atoms with Crippen molar-refractivity contribution in [2.24, 2.45) is 0 Å². The second kappa shape index (κ2) is 5.15. The molecule has 1 rings (SSSR count). The second-order valence-corrected chi connectivity index (χ2v) is 5.85. The number of allylic oxidation sites excluding steroid dienone is 3. The van der Waals surface area contributed by atoms with Crippen LogP contribution in [0.15, 0.2) is 23.8 Å². The van der Waals surface area contributed by atoms with Crippen LogP contribution in [0.5, 0.6) is 0 Å². The third-order valence-electron chi connectivity index (χ3n) is 2.32. The van der Waals surface area contributed by atoms with Gasteiger partial charge in [0.15, 0.2) is 5.78 Å². The van der Waals surface area contributed by atoms with E-state index in [1.165, 1.54) is 0 Å². The summed E-state index contributed by atoms with van der Waals surface area (Å²) in [5.74, 6) is -0.0261. The Morgan fingerprint density at radius 1 is 1.44 bits per heavy atom. The van der Waals surface area contributed by atoms with Crippen molar-refractivity contribution >= 4 is 17.4 Å². The van der Waals surface area contributed by atoms with E-state index in [-0.39, 0.29) is 11.3 Å². The molecule has 2 atom stereocenters. The van der Waals surface area contributed by atoms with Gasteiger partial charge < -0.3 is 5.32 Å². The number of ketones is 1. The van der Waals surface area contributed by atoms with E-state index in [0.717, 1.165) is 12.0 Å². The molecule has 2 unspecified atom stereocenters. The van der Waals surface area contributed by atoms with E-state index in [1.54, 1.807) is 6.08 Å². The average Bonchev–Trinajstić information content (AvgIpc) is 2.08. The molecule has 1 N–H and O–H groups in total. The van der Waals surface area contributed by atoms with E-state index < -0.39 is 5.38 Å². The molecule has 0 amide bonds. The Morgan fingerprint density at radius 3 is 2.56 bits per heavy atom. The first-order valence-corrected chi connectivity index (χ1v) is 6.06. The molecular weight excluding hydrogens is 222 g/mol. The Hall–Kier alpha value is -0.600. The zero-order valence-corrected chi connectivity index (χ0v) is 11.1. The molecule has 0 aromatic heterocycles. The first-order valence-electron chi connectivity index (χ1n) is 5.62. The number of nitrogens with one attached hydrogen (secondary N) is 1. The Labute approximate surface area is 103 Å². The molecule has 1 aliphatic rings. The molecule has 16 heavy (non-hydrogen) atoms. The molecular formula is C13H20ClNO. The molecule has 0 heterocycles. The van der Waals surface area contributed by atoms with Crippen molar-refractivity contribution in [2.45, 2.75) is 51.1 Å². The van der Waals surface area contributed by atoms with Gasteiger partial charge in [0.05, 0.1) is 0 Å². The number of carbonyl (C=O) groups is 1. The van der Waals surface area contributed by atoms with Crippen LogP contribution in [0, 0.1) is 0 Å². The van der Waals surface area contributed by atoms with Crippen molar-refractivity contribution in [1.29, 1.82) is 0 Å². The van der Waals surface area contributed by atoms with Crippen LogP contribution in [0.1, 0.15) is 34.1 Å². The van der Waals surface area contributed by atoms with Crippen molar-refractivity contribution in [3.8, 4) is 0 Å². The van der Waals surface area contributed by atoms with Crippen LogP contribution < -0.4 is 5.32 Å². The summed E-state index contributed by atoms with van der Waals surface area (Å²) in [6.07, 6.45) is 6.16. The van der Waals surface area contributed by atoms with Gasteiger partial charge in [-0.05, 0) is 45.8 Å². The highest BCUT2D eigenvalue weighted by Gasteiger charge is 2.18. The van der Waals surface area contributed by atoms with Crippen molar-refractivity contribution in [2.75, 3.05) is 0 Å². The van der Waals surface area contributed by atoms with Crippen LogP contribution in [0.25, 0.3) is 0 Å². The van der Waals surface area contributed by atoms with Gasteiger partial charge in [0, 0.05) is 11.6 Å². The topological polar surface area (TPSA) is 29.1 Å². The first kappa shape index (κ1) is 13.5. The Kier molecular flexibility index (Phi) is 4.34. The predicted molar refractivity (Wildman–Crippen MR) is 68.8 cm³/mol. The van der Waals surface area contributed by atoms with Crippen molar-refractivity contribution in [1.82, 2.24) is 5.32 Å². The van der Waals surface area contributed by atoms with Gasteiger partial charge in [0.25, 0.3) is 0 Å². The standard InChI is InChI=1S/C13H20ClNO/c1-9(15-13(2,3)4)7-10-5-6-12(16)11(14)8-10/h5-6,8-9,11,15H,7H2,1-4H3. The van der Waals surface area contributed by atoms with E-state index in [0.29, 0.717) is 6.04 Å². The highest BCUT2D eigenvalue weighted by molar-refractivity contribution is 6.34. The maximum Gasteiger partial charge on any atom is 0.177 e. The largest absolute Gasteiger partial charge is 0.309 e. The van der Waals surface area contributed by atoms with Crippen LogP contribution in [-0.4, -0.2) is 22.7 Å². The Bertz CT molecular complexity index is 325. The lowest BCUT2D eigenvalue weighted by Gasteiger charge is -2.26. The summed E-state index contributed by atoms with van der Waals surface area (Å²) >= 11 is 5.88. The SMILES string of the molecule is CC(CC1=CC(Cl)C(=O)C=C1)NC(C)(C)C. The molecule has 2 nitrogen and oxygen atoms in total. The monoisotopic (exact) mass is 241 g/mol. The third-order valence-corrected chi connectivity index (χ3v) is 2.66. The molecule has 0 radical (unpaired) electrons. The number of carbonyl (C=O) groups excluding carboxylic acids is 1. The fourth-order valence-electron chi connectivity index (χ4n) is 1.89. The molecule has 0 aromatic rings. The van der Waals surface area contributed by atoms with Crippen LogP contribution >= 0.6 is 11.6 Å². The van der Waals surface area contributed by atoms with Crippen LogP contribution in [-0.2, 0) is 4.79 Å². The normalized spacial score (nSPS) is 23.2. The van der Waals surface area contributed by atoms with E-state index >= 15 is 0 Å². The Morgan fingerprint density at radius 2 is 2.06 bits per heavy atom. The van der Waals surface area contributed by atoms with Gasteiger partial charge in [-0.15, -0.1) is 11.6 Å². The first-order chi connectivity index (χ1) is 7.28. The van der Waals surface area contributed by atoms with E-state index in [1.807, 2.05) is 12.2 Å². The summed E-state index contributed by atoms with van der Waals surface area (Å²) in [5, 5.41) is 3.01. The number of halogens is 1. The summed E-state index contributed by atoms with van der Waals surface area (Å²) < 4.78 is 0. The van der Waals surface area contributed by atoms with Gasteiger partial charge in [0.2, 0.25) is 0 Å². The van der Waals surface area contributed by atoms with Gasteiger partial charge in [-0.1, -0.05) is 12.2 Å². The summed E-state index contributed by atoms with van der Waals surface area (Å²) in [5.41, 5.74) is 1.23. The van der Waals surface area contributed by atoms with Crippen molar-refractivity contribution in [3.63, 3.8) is 0 Å². The van der Waals surface area contributed by atoms with Crippen LogP contribution in [0.3, 0.4) is 0 Å². The van der Waals surface area contributed by atoms with Gasteiger partial charge in [0.1, 0.15) is 5.38 Å². The molecule has 1 aliphatic carbocycles. The van der Waals surface area contributed by atoms with Crippen LogP contribution in [0.4, 0.5) is 0 Å². The molecule has 90 valence electrons. The Balaban J connectivity index is 2.53. The maximum atomic E-state index is 11.2. The van der Waals surface area contributed by atoms with E-state index in [4.69, 9.17) is 11.6 Å². The van der Waals surface area contributed by atoms with Gasteiger partial charge in [-0.3, -0.25) is 4.79 Å². The number of hydrogen-bond donors (Lipinski definition) is 1. The van der Waals surface area contributed by atoms with Gasteiger partial charge >= 0.3 is 0 Å². The van der Waals surface area contributed by atoms with Crippen LogP contribution in [0.2, 0.25) is 0 Å². The highest BCUT2D eigenvalue weighted by atomic mass is 35.5. The highest BCUT2D eigenvalue weighted by Crippen LogP contribution is 2.18. The van der Waals surface area contributed by atoms with Crippen molar-refractivity contribution in [3.05, 3.63) is 23.8 Å². The lowest BCUT2D eigenvalue weighted by molar-refractivity contribution is -0.113. The third kappa shape index (κ3) is 4.50. The second-order valence-electron chi connectivity index (χ2n) is 5.38. The quantitative estimate of drug-likeness (QED) is 0.770. The predicted octanol–water partition coefficient (Wildman–Crippen LogP) is 2.83. The number of rotatable bonds is 3. The lowest BCUT2D eigenvalue weighted by Crippen LogP contribution is -2.42. The van der Waals surface area contributed by atoms with E-state index in [2.05, 4.69) is 33.0 Å². The minimum Gasteiger partial charge on any atom is -0.309 e. The molecule has 3 heteroatoms. The summed E-state index contributed by atoms with van der Waals surface area (Å²) in [4.78, 5) is 11.2. The molecule has 0 bridgehead atoms. The van der Waals surface area contributed by atoms with Gasteiger partial charge in [-0.2, -0.15) is 0 Å². The lowest BCUT2D eigenvalue weighted by atomic mass is 9.98. The minimum atomic E-state index is -0.484. The number of alkyl halides is 1. The molecule has 0 aromatic carbocycles. The zero-order valence-electron chi connectivity index (χ0n) is 10.4. The fourth-order valence-corrected chi connectivity index (χ4v) is 2.12. The molecule has 0 spiro atoms.